The number of amides is 1. The molecule has 17 heavy (non-hydrogen) atoms. The van der Waals surface area contributed by atoms with Gasteiger partial charge in [-0.3, -0.25) is 9.00 Å². The van der Waals surface area contributed by atoms with Gasteiger partial charge in [0.2, 0.25) is 0 Å². The van der Waals surface area contributed by atoms with Crippen molar-refractivity contribution in [1.82, 2.24) is 15.5 Å². The van der Waals surface area contributed by atoms with Gasteiger partial charge in [-0.1, -0.05) is 0 Å². The molecule has 1 amide bonds. The van der Waals surface area contributed by atoms with Crippen LogP contribution in [0, 0.1) is 0 Å². The van der Waals surface area contributed by atoms with Crippen molar-refractivity contribution < 1.29 is 9.00 Å². The van der Waals surface area contributed by atoms with E-state index in [0.29, 0.717) is 11.5 Å². The summed E-state index contributed by atoms with van der Waals surface area (Å²) in [5.41, 5.74) is 5.64. The lowest BCUT2D eigenvalue weighted by Crippen LogP contribution is -2.39. The summed E-state index contributed by atoms with van der Waals surface area (Å²) >= 11 is 0. The van der Waals surface area contributed by atoms with E-state index >= 15 is 0 Å². The van der Waals surface area contributed by atoms with E-state index in [0.717, 1.165) is 12.8 Å². The second-order valence-corrected chi connectivity index (χ2v) is 5.64. The van der Waals surface area contributed by atoms with Crippen LogP contribution in [-0.4, -0.2) is 37.9 Å². The van der Waals surface area contributed by atoms with Crippen LogP contribution >= 0.6 is 0 Å². The zero-order chi connectivity index (χ0) is 12.3. The van der Waals surface area contributed by atoms with E-state index in [9.17, 15) is 9.00 Å². The largest absolute Gasteiger partial charge is 0.382 e. The smallest absolute Gasteiger partial charge is 0.272 e. The third kappa shape index (κ3) is 3.23. The van der Waals surface area contributed by atoms with E-state index in [4.69, 9.17) is 5.73 Å². The van der Waals surface area contributed by atoms with Crippen LogP contribution in [0.4, 0.5) is 5.82 Å². The molecule has 1 aromatic rings. The summed E-state index contributed by atoms with van der Waals surface area (Å²) in [4.78, 5) is 11.8. The van der Waals surface area contributed by atoms with Crippen LogP contribution in [0.15, 0.2) is 12.1 Å². The van der Waals surface area contributed by atoms with Crippen LogP contribution in [0.25, 0.3) is 0 Å². The third-order valence-electron chi connectivity index (χ3n) is 2.64. The second kappa shape index (κ2) is 5.22. The molecule has 1 fully saturated rings. The fraction of sp³-hybridized carbons (Fsp3) is 0.500. The van der Waals surface area contributed by atoms with Crippen molar-refractivity contribution in [3.8, 4) is 0 Å². The number of nitrogens with one attached hydrogen (secondary N) is 1. The zero-order valence-corrected chi connectivity index (χ0v) is 10.1. The third-order valence-corrected chi connectivity index (χ3v) is 4.02. The number of nitrogens with zero attached hydrogens (tertiary/aromatic N) is 2. The Morgan fingerprint density at radius 1 is 1.35 bits per heavy atom. The molecule has 2 heterocycles. The molecule has 3 N–H and O–H groups in total. The molecule has 92 valence electrons. The van der Waals surface area contributed by atoms with Gasteiger partial charge in [0.25, 0.3) is 5.91 Å². The number of rotatable bonds is 2. The fourth-order valence-electron chi connectivity index (χ4n) is 1.66. The molecule has 7 heteroatoms. The fourth-order valence-corrected chi connectivity index (χ4v) is 2.96. The summed E-state index contributed by atoms with van der Waals surface area (Å²) < 4.78 is 11.2. The summed E-state index contributed by atoms with van der Waals surface area (Å²) in [6.45, 7) is 0. The highest BCUT2D eigenvalue weighted by molar-refractivity contribution is 7.85. The molecular formula is C10H14N4O2S. The number of carbonyl (C=O) groups is 1. The average Bonchev–Trinajstić information content (AvgIpc) is 2.33. The van der Waals surface area contributed by atoms with Crippen molar-refractivity contribution in [2.24, 2.45) is 0 Å². The summed E-state index contributed by atoms with van der Waals surface area (Å²) in [5.74, 6) is 1.33. The summed E-state index contributed by atoms with van der Waals surface area (Å²) in [6.07, 6.45) is 1.50. The van der Waals surface area contributed by atoms with Gasteiger partial charge in [0.1, 0.15) is 5.82 Å². The Hall–Kier alpha value is -1.50. The summed E-state index contributed by atoms with van der Waals surface area (Å²) in [7, 11) is -0.719. The van der Waals surface area contributed by atoms with Gasteiger partial charge >= 0.3 is 0 Å². The maximum absolute atomic E-state index is 11.8. The standard InChI is InChI=1S/C10H14N4O2S/c11-9-2-1-8(13-14-9)10(15)12-7-3-5-17(16)6-4-7/h1-2,7H,3-6H2,(H2,11,14)(H,12,15). The molecule has 0 saturated carbocycles. The molecule has 0 aliphatic carbocycles. The highest BCUT2D eigenvalue weighted by Crippen LogP contribution is 2.09. The van der Waals surface area contributed by atoms with Crippen LogP contribution in [0.3, 0.4) is 0 Å². The molecule has 6 nitrogen and oxygen atoms in total. The number of nitrogen functional groups attached to an aromatic ring is 1. The Morgan fingerprint density at radius 3 is 2.65 bits per heavy atom. The predicted molar refractivity (Wildman–Crippen MR) is 64.8 cm³/mol. The van der Waals surface area contributed by atoms with Gasteiger partial charge in [0.15, 0.2) is 5.69 Å². The van der Waals surface area contributed by atoms with Crippen molar-refractivity contribution >= 4 is 22.5 Å². The molecule has 1 aromatic heterocycles. The zero-order valence-electron chi connectivity index (χ0n) is 9.26. The minimum absolute atomic E-state index is 0.0829. The van der Waals surface area contributed by atoms with E-state index in [1.54, 1.807) is 6.07 Å². The number of hydrogen-bond acceptors (Lipinski definition) is 5. The van der Waals surface area contributed by atoms with E-state index in [1.807, 2.05) is 0 Å². The first-order valence-electron chi connectivity index (χ1n) is 5.40. The Kier molecular flexibility index (Phi) is 3.68. The number of aromatic nitrogens is 2. The maximum Gasteiger partial charge on any atom is 0.272 e. The molecule has 0 bridgehead atoms. The van der Waals surface area contributed by atoms with Crippen LogP contribution in [0.2, 0.25) is 0 Å². The lowest BCUT2D eigenvalue weighted by Gasteiger charge is -2.22. The number of anilines is 1. The van der Waals surface area contributed by atoms with Crippen LogP contribution in [0.1, 0.15) is 23.3 Å². The Balaban J connectivity index is 1.93. The normalized spacial score (nSPS) is 24.2. The molecule has 1 saturated heterocycles. The SMILES string of the molecule is Nc1ccc(C(=O)NC2CCS(=O)CC2)nn1. The summed E-state index contributed by atoms with van der Waals surface area (Å²) in [6, 6.07) is 3.16. The molecular weight excluding hydrogens is 240 g/mol. The molecule has 0 radical (unpaired) electrons. The number of carbonyl (C=O) groups excluding carboxylic acids is 1. The van der Waals surface area contributed by atoms with E-state index in [1.165, 1.54) is 6.07 Å². The first kappa shape index (κ1) is 12.0. The van der Waals surface area contributed by atoms with Crippen molar-refractivity contribution in [2.75, 3.05) is 17.2 Å². The van der Waals surface area contributed by atoms with E-state index < -0.39 is 10.8 Å². The second-order valence-electron chi connectivity index (χ2n) is 3.94. The average molecular weight is 254 g/mol. The highest BCUT2D eigenvalue weighted by atomic mass is 32.2. The van der Waals surface area contributed by atoms with E-state index in [-0.39, 0.29) is 23.5 Å². The first-order valence-corrected chi connectivity index (χ1v) is 6.89. The van der Waals surface area contributed by atoms with E-state index in [2.05, 4.69) is 15.5 Å². The Labute approximate surface area is 101 Å². The van der Waals surface area contributed by atoms with Gasteiger partial charge < -0.3 is 11.1 Å². The van der Waals surface area contributed by atoms with Gasteiger partial charge in [-0.25, -0.2) is 0 Å². The van der Waals surface area contributed by atoms with Gasteiger partial charge in [0, 0.05) is 28.3 Å². The minimum atomic E-state index is -0.719. The monoisotopic (exact) mass is 254 g/mol. The van der Waals surface area contributed by atoms with Gasteiger partial charge in [0.05, 0.1) is 0 Å². The molecule has 0 spiro atoms. The minimum Gasteiger partial charge on any atom is -0.382 e. The molecule has 2 rings (SSSR count). The van der Waals surface area contributed by atoms with Crippen LogP contribution < -0.4 is 11.1 Å². The van der Waals surface area contributed by atoms with Crippen molar-refractivity contribution in [1.29, 1.82) is 0 Å². The molecule has 0 unspecified atom stereocenters. The van der Waals surface area contributed by atoms with Crippen molar-refractivity contribution in [3.63, 3.8) is 0 Å². The first-order chi connectivity index (χ1) is 8.15. The molecule has 0 aromatic carbocycles. The maximum atomic E-state index is 11.8. The van der Waals surface area contributed by atoms with Crippen LogP contribution in [0.5, 0.6) is 0 Å². The Bertz CT molecular complexity index is 424. The topological polar surface area (TPSA) is 98.0 Å². The quantitative estimate of drug-likeness (QED) is 0.755. The molecule has 1 aliphatic rings. The molecule has 0 atom stereocenters. The lowest BCUT2D eigenvalue weighted by molar-refractivity contribution is 0.0928. The Morgan fingerprint density at radius 2 is 2.06 bits per heavy atom. The van der Waals surface area contributed by atoms with Crippen molar-refractivity contribution in [2.45, 2.75) is 18.9 Å². The van der Waals surface area contributed by atoms with Gasteiger partial charge in [-0.05, 0) is 25.0 Å². The highest BCUT2D eigenvalue weighted by Gasteiger charge is 2.20. The summed E-state index contributed by atoms with van der Waals surface area (Å²) in [5, 5.41) is 10.2. The lowest BCUT2D eigenvalue weighted by atomic mass is 10.1. The molecule has 1 aliphatic heterocycles. The van der Waals surface area contributed by atoms with Gasteiger partial charge in [-0.15, -0.1) is 10.2 Å². The number of nitrogens with two attached hydrogens (primary N) is 1. The van der Waals surface area contributed by atoms with Gasteiger partial charge in [-0.2, -0.15) is 0 Å². The number of hydrogen-bond donors (Lipinski definition) is 2. The van der Waals surface area contributed by atoms with Crippen LogP contribution in [-0.2, 0) is 10.8 Å². The van der Waals surface area contributed by atoms with Crippen molar-refractivity contribution in [3.05, 3.63) is 17.8 Å². The predicted octanol–water partition coefficient (Wildman–Crippen LogP) is -0.300.